The molecule has 22 heavy (non-hydrogen) atoms. The molecule has 0 bridgehead atoms. The van der Waals surface area contributed by atoms with Gasteiger partial charge in [0, 0.05) is 24.2 Å². The molecule has 0 unspecified atom stereocenters. The Kier molecular flexibility index (Phi) is 3.17. The first-order valence-corrected chi connectivity index (χ1v) is 8.86. The third-order valence-corrected chi connectivity index (χ3v) is 7.34. The van der Waals surface area contributed by atoms with Crippen molar-refractivity contribution in [1.82, 2.24) is 0 Å². The maximum Gasteiger partial charge on any atom is 0.155 e. The first-order chi connectivity index (χ1) is 10.4. The van der Waals surface area contributed by atoms with Gasteiger partial charge in [-0.15, -0.1) is 0 Å². The molecule has 120 valence electrons. The molecule has 4 aliphatic rings. The summed E-state index contributed by atoms with van der Waals surface area (Å²) in [6, 6.07) is 0. The number of allylic oxidation sites excluding steroid dienone is 1. The van der Waals surface area contributed by atoms with E-state index < -0.39 is 6.10 Å². The van der Waals surface area contributed by atoms with E-state index in [4.69, 9.17) is 0 Å². The van der Waals surface area contributed by atoms with Crippen LogP contribution >= 0.6 is 0 Å². The van der Waals surface area contributed by atoms with E-state index in [2.05, 4.69) is 13.8 Å². The molecule has 3 fully saturated rings. The summed E-state index contributed by atoms with van der Waals surface area (Å²) in [5.41, 5.74) is 1.05. The van der Waals surface area contributed by atoms with Crippen LogP contribution in [0.5, 0.6) is 0 Å². The number of hydrogen-bond acceptors (Lipinski definition) is 3. The lowest BCUT2D eigenvalue weighted by Crippen LogP contribution is -2.51. The summed E-state index contributed by atoms with van der Waals surface area (Å²) < 4.78 is 0. The van der Waals surface area contributed by atoms with Gasteiger partial charge in [0.1, 0.15) is 5.78 Å². The number of rotatable bonds is 0. The van der Waals surface area contributed by atoms with Gasteiger partial charge in [-0.2, -0.15) is 0 Å². The van der Waals surface area contributed by atoms with E-state index in [0.717, 1.165) is 25.7 Å². The number of fused-ring (bicyclic) bond motifs is 5. The van der Waals surface area contributed by atoms with Gasteiger partial charge in [0.15, 0.2) is 5.78 Å². The third-order valence-electron chi connectivity index (χ3n) is 7.34. The van der Waals surface area contributed by atoms with Gasteiger partial charge in [-0.25, -0.2) is 0 Å². The van der Waals surface area contributed by atoms with Gasteiger partial charge in [-0.1, -0.05) is 19.4 Å². The molecule has 0 heterocycles. The number of aliphatic hydroxyl groups excluding tert-OH is 1. The zero-order valence-electron chi connectivity index (χ0n) is 13.5. The first kappa shape index (κ1) is 14.6. The van der Waals surface area contributed by atoms with Crippen molar-refractivity contribution in [3.63, 3.8) is 0 Å². The molecule has 1 N–H and O–H groups in total. The van der Waals surface area contributed by atoms with E-state index in [1.807, 2.05) is 6.08 Å². The maximum absolute atomic E-state index is 12.4. The van der Waals surface area contributed by atoms with E-state index in [1.165, 1.54) is 5.57 Å². The standard InChI is InChI=1S/C19H26O3/c1-10-7-11-8-12(20)3-4-13(11)14-5-6-19(2)16(22)9-15(21)18(19)17(10)14/h8,10,13-15,17-18,21H,3-7,9H2,1-2H3/t10-,13+,14-,15+,17-,18+,19-/m1/s1. The third kappa shape index (κ3) is 1.84. The molecule has 4 rings (SSSR count). The second-order valence-corrected chi connectivity index (χ2v) is 8.43. The summed E-state index contributed by atoms with van der Waals surface area (Å²) in [7, 11) is 0. The van der Waals surface area contributed by atoms with Gasteiger partial charge in [-0.05, 0) is 55.4 Å². The van der Waals surface area contributed by atoms with Crippen molar-refractivity contribution in [2.45, 2.75) is 58.5 Å². The summed E-state index contributed by atoms with van der Waals surface area (Å²) in [6.45, 7) is 4.35. The summed E-state index contributed by atoms with van der Waals surface area (Å²) in [6.07, 6.45) is 6.43. The Balaban J connectivity index is 1.72. The van der Waals surface area contributed by atoms with Crippen LogP contribution in [-0.4, -0.2) is 22.8 Å². The average Bonchev–Trinajstić information content (AvgIpc) is 2.69. The number of ketones is 2. The van der Waals surface area contributed by atoms with Crippen LogP contribution in [0.25, 0.3) is 0 Å². The highest BCUT2D eigenvalue weighted by Gasteiger charge is 2.61. The van der Waals surface area contributed by atoms with Crippen LogP contribution in [0.4, 0.5) is 0 Å². The van der Waals surface area contributed by atoms with Crippen LogP contribution in [0.3, 0.4) is 0 Å². The van der Waals surface area contributed by atoms with Crippen LogP contribution in [0.15, 0.2) is 11.6 Å². The summed E-state index contributed by atoms with van der Waals surface area (Å²) in [5, 5.41) is 10.6. The lowest BCUT2D eigenvalue weighted by Gasteiger charge is -2.55. The maximum atomic E-state index is 12.4. The molecule has 0 saturated heterocycles. The molecule has 0 amide bonds. The molecule has 0 aromatic carbocycles. The zero-order chi connectivity index (χ0) is 15.6. The Hall–Kier alpha value is -0.960. The normalized spacial score (nSPS) is 51.0. The fourth-order valence-electron chi connectivity index (χ4n) is 6.39. The van der Waals surface area contributed by atoms with Gasteiger partial charge < -0.3 is 5.11 Å². The Bertz CT molecular complexity index is 563. The second-order valence-electron chi connectivity index (χ2n) is 8.43. The van der Waals surface area contributed by atoms with Gasteiger partial charge in [0.05, 0.1) is 6.10 Å². The molecular weight excluding hydrogens is 276 g/mol. The molecule has 0 aromatic rings. The molecule has 4 aliphatic carbocycles. The van der Waals surface area contributed by atoms with E-state index in [0.29, 0.717) is 36.5 Å². The van der Waals surface area contributed by atoms with Gasteiger partial charge >= 0.3 is 0 Å². The fourth-order valence-corrected chi connectivity index (χ4v) is 6.39. The molecule has 7 atom stereocenters. The molecule has 3 saturated carbocycles. The van der Waals surface area contributed by atoms with Crippen molar-refractivity contribution < 1.29 is 14.7 Å². The number of Topliss-reactive ketones (excluding diaryl/α,β-unsaturated/α-hetero) is 1. The summed E-state index contributed by atoms with van der Waals surface area (Å²) in [5.74, 6) is 2.67. The van der Waals surface area contributed by atoms with Gasteiger partial charge in [0.25, 0.3) is 0 Å². The van der Waals surface area contributed by atoms with E-state index in [1.54, 1.807) is 0 Å². The number of carbonyl (C=O) groups is 2. The van der Waals surface area contributed by atoms with Crippen molar-refractivity contribution in [3.8, 4) is 0 Å². The monoisotopic (exact) mass is 302 g/mol. The number of hydrogen-bond donors (Lipinski definition) is 1. The molecule has 0 radical (unpaired) electrons. The highest BCUT2D eigenvalue weighted by Crippen LogP contribution is 2.61. The van der Waals surface area contributed by atoms with Crippen molar-refractivity contribution in [2.75, 3.05) is 0 Å². The van der Waals surface area contributed by atoms with Gasteiger partial charge in [-0.3, -0.25) is 9.59 Å². The smallest absolute Gasteiger partial charge is 0.155 e. The molecule has 0 aromatic heterocycles. The number of carbonyl (C=O) groups excluding carboxylic acids is 2. The molecule has 3 nitrogen and oxygen atoms in total. The van der Waals surface area contributed by atoms with Crippen molar-refractivity contribution in [1.29, 1.82) is 0 Å². The Morgan fingerprint density at radius 1 is 1.23 bits per heavy atom. The van der Waals surface area contributed by atoms with Gasteiger partial charge in [0.2, 0.25) is 0 Å². The lowest BCUT2D eigenvalue weighted by atomic mass is 9.49. The van der Waals surface area contributed by atoms with Crippen molar-refractivity contribution in [3.05, 3.63) is 11.6 Å². The van der Waals surface area contributed by atoms with Crippen molar-refractivity contribution in [2.24, 2.45) is 35.0 Å². The van der Waals surface area contributed by atoms with Crippen LogP contribution < -0.4 is 0 Å². The highest BCUT2D eigenvalue weighted by atomic mass is 16.3. The van der Waals surface area contributed by atoms with E-state index in [9.17, 15) is 14.7 Å². The molecule has 0 spiro atoms. The topological polar surface area (TPSA) is 54.4 Å². The fraction of sp³-hybridized carbons (Fsp3) is 0.789. The Labute approximate surface area is 132 Å². The van der Waals surface area contributed by atoms with Crippen LogP contribution in [-0.2, 0) is 9.59 Å². The summed E-state index contributed by atoms with van der Waals surface area (Å²) >= 11 is 0. The predicted molar refractivity (Wildman–Crippen MR) is 83.0 cm³/mol. The van der Waals surface area contributed by atoms with Crippen molar-refractivity contribution >= 4 is 11.6 Å². The quantitative estimate of drug-likeness (QED) is 0.748. The van der Waals surface area contributed by atoms with E-state index in [-0.39, 0.29) is 22.9 Å². The van der Waals surface area contributed by atoms with Crippen LogP contribution in [0.1, 0.15) is 52.4 Å². The average molecular weight is 302 g/mol. The zero-order valence-corrected chi connectivity index (χ0v) is 13.5. The SMILES string of the molecule is C[C@@H]1CC2=CC(=O)CC[C@@H]2[C@H]2CC[C@]3(C)C(=O)C[C@H](O)[C@H]3[C@@H]21. The molecular formula is C19H26O3. The van der Waals surface area contributed by atoms with Crippen LogP contribution in [0, 0.1) is 35.0 Å². The molecule has 0 aliphatic heterocycles. The number of aliphatic hydroxyl groups is 1. The second kappa shape index (κ2) is 4.77. The van der Waals surface area contributed by atoms with E-state index >= 15 is 0 Å². The Morgan fingerprint density at radius 3 is 2.77 bits per heavy atom. The largest absolute Gasteiger partial charge is 0.392 e. The Morgan fingerprint density at radius 2 is 2.00 bits per heavy atom. The highest BCUT2D eigenvalue weighted by molar-refractivity contribution is 5.91. The molecule has 3 heteroatoms. The minimum Gasteiger partial charge on any atom is -0.392 e. The minimum atomic E-state index is -0.455. The first-order valence-electron chi connectivity index (χ1n) is 8.86. The minimum absolute atomic E-state index is 0.132. The predicted octanol–water partition coefficient (Wildman–Crippen LogP) is 2.91. The van der Waals surface area contributed by atoms with Crippen LogP contribution in [0.2, 0.25) is 0 Å². The lowest BCUT2D eigenvalue weighted by molar-refractivity contribution is -0.133. The summed E-state index contributed by atoms with van der Waals surface area (Å²) in [4.78, 5) is 24.2.